The van der Waals surface area contributed by atoms with Crippen molar-refractivity contribution >= 4 is 21.8 Å². The van der Waals surface area contributed by atoms with Crippen LogP contribution in [0.25, 0.3) is 0 Å². The van der Waals surface area contributed by atoms with Crippen LogP contribution in [-0.4, -0.2) is 68.8 Å². The van der Waals surface area contributed by atoms with Crippen molar-refractivity contribution < 1.29 is 22.7 Å². The lowest BCUT2D eigenvalue weighted by atomic mass is 10.1. The molecule has 2 saturated heterocycles. The maximum atomic E-state index is 12.7. The van der Waals surface area contributed by atoms with Crippen molar-refractivity contribution in [3.8, 4) is 0 Å². The molecular formula is C26H33N3O5S. The number of benzene rings is 2. The SMILES string of the molecule is O=C(CCc1ccc(S(=O)(=O)N2CCOCC2)cc1)NCc1cccc(C(=O)N2CCCCC2)c1. The molecule has 2 heterocycles. The van der Waals surface area contributed by atoms with Crippen LogP contribution < -0.4 is 5.32 Å². The molecule has 0 saturated carbocycles. The van der Waals surface area contributed by atoms with Gasteiger partial charge < -0.3 is 15.0 Å². The normalized spacial score (nSPS) is 17.2. The summed E-state index contributed by atoms with van der Waals surface area (Å²) in [5.74, 6) is -0.0419. The number of likely N-dealkylation sites (tertiary alicyclic amines) is 1. The van der Waals surface area contributed by atoms with E-state index in [2.05, 4.69) is 5.32 Å². The number of hydrogen-bond donors (Lipinski definition) is 1. The van der Waals surface area contributed by atoms with Crippen molar-refractivity contribution in [1.82, 2.24) is 14.5 Å². The van der Waals surface area contributed by atoms with Crippen LogP contribution in [0.4, 0.5) is 0 Å². The first kappa shape index (κ1) is 25.3. The Balaban J connectivity index is 1.25. The quantitative estimate of drug-likeness (QED) is 0.602. The fraction of sp³-hybridized carbons (Fsp3) is 0.462. The van der Waals surface area contributed by atoms with Gasteiger partial charge in [-0.25, -0.2) is 8.42 Å². The van der Waals surface area contributed by atoms with Crippen LogP contribution >= 0.6 is 0 Å². The predicted molar refractivity (Wildman–Crippen MR) is 132 cm³/mol. The summed E-state index contributed by atoms with van der Waals surface area (Å²) in [5, 5.41) is 2.92. The number of carbonyl (C=O) groups excluding carboxylic acids is 2. The lowest BCUT2D eigenvalue weighted by Crippen LogP contribution is -2.40. The van der Waals surface area contributed by atoms with E-state index < -0.39 is 10.0 Å². The van der Waals surface area contributed by atoms with Crippen molar-refractivity contribution in [2.45, 2.75) is 43.5 Å². The lowest BCUT2D eigenvalue weighted by Gasteiger charge is -2.26. The van der Waals surface area contributed by atoms with Crippen LogP contribution in [0.5, 0.6) is 0 Å². The van der Waals surface area contributed by atoms with Gasteiger partial charge in [0.15, 0.2) is 0 Å². The van der Waals surface area contributed by atoms with Crippen molar-refractivity contribution in [3.63, 3.8) is 0 Å². The summed E-state index contributed by atoms with van der Waals surface area (Å²) in [6.45, 7) is 3.51. The largest absolute Gasteiger partial charge is 0.379 e. The Kier molecular flexibility index (Phi) is 8.54. The maximum absolute atomic E-state index is 12.7. The first-order chi connectivity index (χ1) is 16.9. The van der Waals surface area contributed by atoms with Gasteiger partial charge in [-0.05, 0) is 61.1 Å². The van der Waals surface area contributed by atoms with Gasteiger partial charge in [0, 0.05) is 44.7 Å². The molecule has 188 valence electrons. The third-order valence-corrected chi connectivity index (χ3v) is 8.39. The number of nitrogens with one attached hydrogen (secondary N) is 1. The molecule has 1 N–H and O–H groups in total. The molecule has 0 atom stereocenters. The van der Waals surface area contributed by atoms with Gasteiger partial charge >= 0.3 is 0 Å². The highest BCUT2D eigenvalue weighted by Gasteiger charge is 2.26. The van der Waals surface area contributed by atoms with Gasteiger partial charge in [-0.3, -0.25) is 9.59 Å². The molecule has 4 rings (SSSR count). The van der Waals surface area contributed by atoms with Crippen LogP contribution in [0, 0.1) is 0 Å². The number of amides is 2. The fourth-order valence-electron chi connectivity index (χ4n) is 4.40. The summed E-state index contributed by atoms with van der Waals surface area (Å²) in [5.41, 5.74) is 2.44. The van der Waals surface area contributed by atoms with Gasteiger partial charge in [0.2, 0.25) is 15.9 Å². The summed E-state index contributed by atoms with van der Waals surface area (Å²) in [6.07, 6.45) is 4.08. The van der Waals surface area contributed by atoms with E-state index >= 15 is 0 Å². The highest BCUT2D eigenvalue weighted by Crippen LogP contribution is 2.18. The van der Waals surface area contributed by atoms with Gasteiger partial charge in [0.1, 0.15) is 0 Å². The summed E-state index contributed by atoms with van der Waals surface area (Å²) in [7, 11) is -3.52. The molecule has 2 aliphatic heterocycles. The zero-order chi connectivity index (χ0) is 24.7. The lowest BCUT2D eigenvalue weighted by molar-refractivity contribution is -0.121. The standard InChI is InChI=1S/C26H33N3O5S/c30-25(27-20-22-5-4-6-23(19-22)26(31)28-13-2-1-3-14-28)12-9-21-7-10-24(11-8-21)35(32,33)29-15-17-34-18-16-29/h4-8,10-11,19H,1-3,9,12-18,20H2,(H,27,30). The third-order valence-electron chi connectivity index (χ3n) is 6.48. The molecule has 0 bridgehead atoms. The fourth-order valence-corrected chi connectivity index (χ4v) is 5.81. The summed E-state index contributed by atoms with van der Waals surface area (Å²) in [6, 6.07) is 14.2. The Morgan fingerprint density at radius 1 is 0.886 bits per heavy atom. The number of piperidine rings is 1. The zero-order valence-corrected chi connectivity index (χ0v) is 20.8. The molecule has 8 nitrogen and oxygen atoms in total. The minimum Gasteiger partial charge on any atom is -0.379 e. The number of hydrogen-bond acceptors (Lipinski definition) is 5. The summed E-state index contributed by atoms with van der Waals surface area (Å²) < 4.78 is 32.1. The number of carbonyl (C=O) groups is 2. The number of aryl methyl sites for hydroxylation is 1. The predicted octanol–water partition coefficient (Wildman–Crippen LogP) is 2.58. The Morgan fingerprint density at radius 2 is 1.60 bits per heavy atom. The van der Waals surface area contributed by atoms with Crippen molar-refractivity contribution in [2.75, 3.05) is 39.4 Å². The van der Waals surface area contributed by atoms with Gasteiger partial charge in [-0.15, -0.1) is 0 Å². The molecule has 0 aromatic heterocycles. The van der Waals surface area contributed by atoms with Crippen molar-refractivity contribution in [2.24, 2.45) is 0 Å². The van der Waals surface area contributed by atoms with Crippen LogP contribution in [0.1, 0.15) is 47.2 Å². The van der Waals surface area contributed by atoms with E-state index in [9.17, 15) is 18.0 Å². The summed E-state index contributed by atoms with van der Waals surface area (Å²) >= 11 is 0. The van der Waals surface area contributed by atoms with Crippen molar-refractivity contribution in [3.05, 3.63) is 65.2 Å². The average Bonchev–Trinajstić information content (AvgIpc) is 2.91. The second-order valence-corrected chi connectivity index (χ2v) is 10.9. The molecule has 0 radical (unpaired) electrons. The minimum absolute atomic E-state index is 0.0527. The average molecular weight is 500 g/mol. The van der Waals surface area contributed by atoms with E-state index in [1.54, 1.807) is 24.3 Å². The molecule has 35 heavy (non-hydrogen) atoms. The first-order valence-electron chi connectivity index (χ1n) is 12.3. The highest BCUT2D eigenvalue weighted by atomic mass is 32.2. The number of nitrogens with zero attached hydrogens (tertiary/aromatic N) is 2. The number of ether oxygens (including phenoxy) is 1. The molecule has 0 aliphatic carbocycles. The zero-order valence-electron chi connectivity index (χ0n) is 19.9. The van der Waals surface area contributed by atoms with E-state index in [4.69, 9.17) is 4.74 Å². The topological polar surface area (TPSA) is 96.0 Å². The van der Waals surface area contributed by atoms with Crippen molar-refractivity contribution in [1.29, 1.82) is 0 Å². The van der Waals surface area contributed by atoms with Gasteiger partial charge in [-0.2, -0.15) is 4.31 Å². The maximum Gasteiger partial charge on any atom is 0.253 e. The van der Waals surface area contributed by atoms with E-state index in [0.29, 0.717) is 51.3 Å². The first-order valence-corrected chi connectivity index (χ1v) is 13.7. The van der Waals surface area contributed by atoms with E-state index in [-0.39, 0.29) is 16.7 Å². The monoisotopic (exact) mass is 499 g/mol. The Bertz CT molecular complexity index is 1120. The Labute approximate surface area is 207 Å². The Hall–Kier alpha value is -2.75. The molecule has 0 spiro atoms. The van der Waals surface area contributed by atoms with Crippen LogP contribution in [0.3, 0.4) is 0 Å². The molecule has 2 amide bonds. The van der Waals surface area contributed by atoms with Gasteiger partial charge in [0.05, 0.1) is 18.1 Å². The third kappa shape index (κ3) is 6.68. The van der Waals surface area contributed by atoms with Gasteiger partial charge in [0.25, 0.3) is 5.91 Å². The minimum atomic E-state index is -3.52. The van der Waals surface area contributed by atoms with Gasteiger partial charge in [-0.1, -0.05) is 24.3 Å². The molecule has 2 aromatic carbocycles. The van der Waals surface area contributed by atoms with Crippen LogP contribution in [0.15, 0.2) is 53.4 Å². The molecule has 2 aromatic rings. The molecule has 2 aliphatic rings. The van der Waals surface area contributed by atoms with Crippen LogP contribution in [-0.2, 0) is 32.5 Å². The van der Waals surface area contributed by atoms with E-state index in [1.165, 1.54) is 10.7 Å². The smallest absolute Gasteiger partial charge is 0.253 e. The second-order valence-electron chi connectivity index (χ2n) is 8.99. The van der Waals surface area contributed by atoms with E-state index in [0.717, 1.165) is 37.1 Å². The van der Waals surface area contributed by atoms with E-state index in [1.807, 2.05) is 29.2 Å². The molecular weight excluding hydrogens is 466 g/mol. The second kappa shape index (κ2) is 11.8. The number of rotatable bonds is 8. The molecule has 9 heteroatoms. The number of sulfonamides is 1. The molecule has 0 unspecified atom stereocenters. The Morgan fingerprint density at radius 3 is 2.31 bits per heavy atom. The van der Waals surface area contributed by atoms with Crippen LogP contribution in [0.2, 0.25) is 0 Å². The summed E-state index contributed by atoms with van der Waals surface area (Å²) in [4.78, 5) is 27.3. The molecule has 2 fully saturated rings. The highest BCUT2D eigenvalue weighted by molar-refractivity contribution is 7.89. The number of morpholine rings is 1.